The third kappa shape index (κ3) is 3.11. The van der Waals surface area contributed by atoms with Crippen molar-refractivity contribution in [3.8, 4) is 0 Å². The summed E-state index contributed by atoms with van der Waals surface area (Å²) in [4.78, 5) is 12.3. The van der Waals surface area contributed by atoms with Crippen LogP contribution in [0.25, 0.3) is 0 Å². The molecule has 2 rings (SSSR count). The maximum Gasteiger partial charge on any atom is 0.246 e. The second-order valence-corrected chi connectivity index (χ2v) is 6.41. The zero-order valence-electron chi connectivity index (χ0n) is 11.1. The number of hydrogen-bond acceptors (Lipinski definition) is 3. The Bertz CT molecular complexity index is 668. The molecule has 0 aromatic heterocycles. The number of amides is 1. The third-order valence-corrected chi connectivity index (χ3v) is 5.17. The van der Waals surface area contributed by atoms with Gasteiger partial charge in [-0.05, 0) is 18.2 Å². The van der Waals surface area contributed by atoms with Gasteiger partial charge in [0, 0.05) is 32.2 Å². The summed E-state index contributed by atoms with van der Waals surface area (Å²) in [5, 5.41) is 0. The van der Waals surface area contributed by atoms with E-state index in [9.17, 15) is 22.0 Å². The summed E-state index contributed by atoms with van der Waals surface area (Å²) in [5.74, 6) is -2.24. The molecule has 0 saturated carbocycles. The molecule has 0 bridgehead atoms. The van der Waals surface area contributed by atoms with Gasteiger partial charge in [0.05, 0.1) is 0 Å². The monoisotopic (exact) mass is 316 g/mol. The fourth-order valence-electron chi connectivity index (χ4n) is 2.10. The largest absolute Gasteiger partial charge is 0.337 e. The lowest BCUT2D eigenvalue weighted by molar-refractivity contribution is -0.127. The minimum atomic E-state index is -4.04. The summed E-state index contributed by atoms with van der Waals surface area (Å²) in [5.41, 5.74) is 0. The number of halogens is 2. The van der Waals surface area contributed by atoms with Crippen LogP contribution in [0.2, 0.25) is 0 Å². The molecular weight excluding hydrogens is 302 g/mol. The van der Waals surface area contributed by atoms with E-state index in [0.717, 1.165) is 22.5 Å². The zero-order valence-corrected chi connectivity index (χ0v) is 11.9. The van der Waals surface area contributed by atoms with E-state index < -0.39 is 26.6 Å². The van der Waals surface area contributed by atoms with Crippen molar-refractivity contribution in [1.29, 1.82) is 0 Å². The highest BCUT2D eigenvalue weighted by atomic mass is 32.2. The van der Waals surface area contributed by atoms with E-state index >= 15 is 0 Å². The topological polar surface area (TPSA) is 57.7 Å². The summed E-state index contributed by atoms with van der Waals surface area (Å²) in [6, 6.07) is 2.33. The van der Waals surface area contributed by atoms with Crippen molar-refractivity contribution >= 4 is 15.9 Å². The molecule has 1 aliphatic heterocycles. The lowest BCUT2D eigenvalue weighted by atomic mass is 10.3. The summed E-state index contributed by atoms with van der Waals surface area (Å²) in [7, 11) is -4.04. The van der Waals surface area contributed by atoms with E-state index in [1.54, 1.807) is 0 Å². The summed E-state index contributed by atoms with van der Waals surface area (Å²) in [6.45, 7) is 3.87. The molecule has 1 aromatic carbocycles. The first-order valence-corrected chi connectivity index (χ1v) is 7.67. The molecule has 0 unspecified atom stereocenters. The van der Waals surface area contributed by atoms with Crippen LogP contribution in [0.15, 0.2) is 35.7 Å². The van der Waals surface area contributed by atoms with E-state index in [4.69, 9.17) is 0 Å². The zero-order chi connectivity index (χ0) is 15.6. The van der Waals surface area contributed by atoms with Crippen LogP contribution in [0.5, 0.6) is 0 Å². The van der Waals surface area contributed by atoms with E-state index in [2.05, 4.69) is 6.58 Å². The Morgan fingerprint density at radius 2 is 1.81 bits per heavy atom. The predicted molar refractivity (Wildman–Crippen MR) is 71.9 cm³/mol. The van der Waals surface area contributed by atoms with E-state index in [0.29, 0.717) is 6.07 Å². The predicted octanol–water partition coefficient (Wildman–Crippen LogP) is 0.984. The second-order valence-electron chi connectivity index (χ2n) is 4.51. The van der Waals surface area contributed by atoms with E-state index in [1.165, 1.54) is 4.90 Å². The molecule has 8 heteroatoms. The molecule has 1 fully saturated rings. The quantitative estimate of drug-likeness (QED) is 0.781. The molecular formula is C13H14F2N2O3S. The summed E-state index contributed by atoms with van der Waals surface area (Å²) < 4.78 is 52.2. The van der Waals surface area contributed by atoms with Gasteiger partial charge in [-0.2, -0.15) is 4.31 Å². The molecule has 114 valence electrons. The van der Waals surface area contributed by atoms with Crippen LogP contribution in [0.1, 0.15) is 0 Å². The number of sulfonamides is 1. The van der Waals surface area contributed by atoms with Gasteiger partial charge >= 0.3 is 0 Å². The van der Waals surface area contributed by atoms with E-state index in [1.807, 2.05) is 0 Å². The number of carbonyl (C=O) groups is 1. The molecule has 1 aromatic rings. The number of hydrogen-bond donors (Lipinski definition) is 0. The van der Waals surface area contributed by atoms with Gasteiger partial charge in [0.25, 0.3) is 0 Å². The lowest BCUT2D eigenvalue weighted by Crippen LogP contribution is -2.50. The summed E-state index contributed by atoms with van der Waals surface area (Å²) >= 11 is 0. The standard InChI is InChI=1S/C13H14F2N2O3S/c1-2-13(18)16-5-7-17(8-6-16)21(19,20)12-4-3-10(14)9-11(12)15/h2-4,9H,1,5-8H2. The average Bonchev–Trinajstić information content (AvgIpc) is 2.46. The molecule has 0 atom stereocenters. The van der Waals surface area contributed by atoms with Gasteiger partial charge in [0.1, 0.15) is 16.5 Å². The van der Waals surface area contributed by atoms with Crippen molar-refractivity contribution < 1.29 is 22.0 Å². The minimum Gasteiger partial charge on any atom is -0.337 e. The van der Waals surface area contributed by atoms with Gasteiger partial charge in [-0.25, -0.2) is 17.2 Å². The van der Waals surface area contributed by atoms with Crippen molar-refractivity contribution in [2.75, 3.05) is 26.2 Å². The van der Waals surface area contributed by atoms with Crippen LogP contribution < -0.4 is 0 Å². The highest BCUT2D eigenvalue weighted by Gasteiger charge is 2.31. The average molecular weight is 316 g/mol. The SMILES string of the molecule is C=CC(=O)N1CCN(S(=O)(=O)c2ccc(F)cc2F)CC1. The van der Waals surface area contributed by atoms with Crippen molar-refractivity contribution in [2.45, 2.75) is 4.90 Å². The molecule has 0 radical (unpaired) electrons. The Morgan fingerprint density at radius 3 is 2.33 bits per heavy atom. The van der Waals surface area contributed by atoms with Crippen molar-refractivity contribution in [3.63, 3.8) is 0 Å². The van der Waals surface area contributed by atoms with E-state index in [-0.39, 0.29) is 32.1 Å². The molecule has 5 nitrogen and oxygen atoms in total. The molecule has 1 amide bonds. The maximum absolute atomic E-state index is 13.6. The number of nitrogens with zero attached hydrogens (tertiary/aromatic N) is 2. The Kier molecular flexibility index (Phi) is 4.38. The van der Waals surface area contributed by atoms with Crippen molar-refractivity contribution in [2.24, 2.45) is 0 Å². The number of benzene rings is 1. The minimum absolute atomic E-state index is 0.0543. The molecule has 0 aliphatic carbocycles. The first-order valence-electron chi connectivity index (χ1n) is 6.23. The smallest absolute Gasteiger partial charge is 0.246 e. The van der Waals surface area contributed by atoms with Gasteiger partial charge in [-0.15, -0.1) is 0 Å². The molecule has 0 spiro atoms. The number of rotatable bonds is 3. The van der Waals surface area contributed by atoms with Crippen LogP contribution in [0.4, 0.5) is 8.78 Å². The van der Waals surface area contributed by atoms with Crippen LogP contribution in [-0.2, 0) is 14.8 Å². The fraction of sp³-hybridized carbons (Fsp3) is 0.308. The lowest BCUT2D eigenvalue weighted by Gasteiger charge is -2.33. The second kappa shape index (κ2) is 5.90. The summed E-state index contributed by atoms with van der Waals surface area (Å²) in [6.07, 6.45) is 1.16. The van der Waals surface area contributed by atoms with Gasteiger partial charge in [-0.3, -0.25) is 4.79 Å². The molecule has 1 heterocycles. The molecule has 1 saturated heterocycles. The van der Waals surface area contributed by atoms with Gasteiger partial charge in [0.2, 0.25) is 15.9 Å². The van der Waals surface area contributed by atoms with Crippen molar-refractivity contribution in [1.82, 2.24) is 9.21 Å². The normalized spacial score (nSPS) is 16.8. The Balaban J connectivity index is 2.18. The molecule has 1 aliphatic rings. The maximum atomic E-state index is 13.6. The third-order valence-electron chi connectivity index (χ3n) is 3.24. The van der Waals surface area contributed by atoms with Crippen LogP contribution in [0.3, 0.4) is 0 Å². The van der Waals surface area contributed by atoms with Gasteiger partial charge in [-0.1, -0.05) is 6.58 Å². The van der Waals surface area contributed by atoms with Crippen LogP contribution >= 0.6 is 0 Å². The fourth-order valence-corrected chi connectivity index (χ4v) is 3.57. The number of carbonyl (C=O) groups excluding carboxylic acids is 1. The molecule has 0 N–H and O–H groups in total. The molecule has 21 heavy (non-hydrogen) atoms. The Hall–Kier alpha value is -1.80. The number of piperazine rings is 1. The van der Waals surface area contributed by atoms with Gasteiger partial charge in [0.15, 0.2) is 0 Å². The van der Waals surface area contributed by atoms with Gasteiger partial charge < -0.3 is 4.90 Å². The van der Waals surface area contributed by atoms with Crippen LogP contribution in [0, 0.1) is 11.6 Å². The highest BCUT2D eigenvalue weighted by Crippen LogP contribution is 2.21. The first kappa shape index (κ1) is 15.6. The highest BCUT2D eigenvalue weighted by molar-refractivity contribution is 7.89. The van der Waals surface area contributed by atoms with Crippen molar-refractivity contribution in [3.05, 3.63) is 42.5 Å². The Labute approximate surface area is 121 Å². The van der Waals surface area contributed by atoms with Crippen LogP contribution in [-0.4, -0.2) is 49.7 Å². The first-order chi connectivity index (χ1) is 9.86. The Morgan fingerprint density at radius 1 is 1.19 bits per heavy atom.